The molecule has 7 nitrogen and oxygen atoms in total. The van der Waals surface area contributed by atoms with Crippen molar-refractivity contribution in [1.29, 1.82) is 0 Å². The number of pyridine rings is 2. The number of imidazole rings is 2. The molecule has 0 N–H and O–H groups in total. The van der Waals surface area contributed by atoms with Gasteiger partial charge < -0.3 is 14.1 Å². The fraction of sp³-hybridized carbons (Fsp3) is 0.167. The third-order valence-corrected chi connectivity index (χ3v) is 13.4. The number of fused-ring (bicyclic) bond motifs is 11. The van der Waals surface area contributed by atoms with Gasteiger partial charge in [-0.25, -0.2) is 4.98 Å². The molecule has 0 radical (unpaired) electrons. The summed E-state index contributed by atoms with van der Waals surface area (Å²) in [5, 5.41) is 4.19. The van der Waals surface area contributed by atoms with Gasteiger partial charge in [0.2, 0.25) is 11.7 Å². The van der Waals surface area contributed by atoms with Crippen LogP contribution in [0.3, 0.4) is 0 Å². The molecule has 0 amide bonds. The molecule has 1 aliphatic carbocycles. The van der Waals surface area contributed by atoms with Crippen molar-refractivity contribution >= 4 is 60.7 Å². The second-order valence-corrected chi connectivity index (χ2v) is 17.8. The van der Waals surface area contributed by atoms with Crippen LogP contribution >= 0.6 is 0 Å². The minimum absolute atomic E-state index is 0. The average molecular weight is 987 g/mol. The number of nitrogens with zero attached hydrogens (tertiary/aromatic N) is 5. The van der Waals surface area contributed by atoms with Crippen LogP contribution in [0.4, 0.5) is 0 Å². The quantitative estimate of drug-likeness (QED) is 0.161. The molecule has 1 atom stereocenters. The van der Waals surface area contributed by atoms with E-state index in [1.807, 2.05) is 36.4 Å². The van der Waals surface area contributed by atoms with E-state index in [0.29, 0.717) is 17.3 Å². The number of benzene rings is 6. The normalized spacial score (nSPS) is 15.5. The Balaban J connectivity index is 0.00000432. The zero-order chi connectivity index (χ0) is 41.4. The SMILES string of the molecule is Cc1c[c-]c(-n2c3nc(Oc4[c-]c(-c5cc6c(cn5)C(C)(C)C(c5ccccc5)C6(C)C)c5oc6ccc7ccccc7c6c5c4)ccc3n3c4ccccc4nc23)cc1C.[Pt+2]. The van der Waals surface area contributed by atoms with Crippen LogP contribution < -0.4 is 4.74 Å². The van der Waals surface area contributed by atoms with E-state index in [2.05, 4.69) is 160 Å². The first-order chi connectivity index (χ1) is 29.6. The summed E-state index contributed by atoms with van der Waals surface area (Å²) in [6.45, 7) is 13.6. The number of rotatable bonds is 5. The molecule has 62 heavy (non-hydrogen) atoms. The van der Waals surface area contributed by atoms with Crippen LogP contribution in [0.25, 0.3) is 77.6 Å². The molecule has 0 bridgehead atoms. The molecule has 0 aliphatic heterocycles. The van der Waals surface area contributed by atoms with Gasteiger partial charge in [-0.15, -0.1) is 6.07 Å². The van der Waals surface area contributed by atoms with Crippen molar-refractivity contribution in [2.45, 2.75) is 58.3 Å². The standard InChI is InChI=1S/C54H41N5O2.Pt/c1-31-20-22-35(26-32(31)2)58-51-45(59-44-19-13-12-18-42(44)56-52(58)59)23-25-47(57-51)60-36-27-38(49-39(28-36)48-37-17-11-10-14-33(37)21-24-46(48)61-49)43-29-40-41(30-55-43)54(5,6)50(53(40,3)4)34-15-8-7-9-16-34;/h7-21,23-26,28-30,50H,1-6H3;/q-2;+2. The summed E-state index contributed by atoms with van der Waals surface area (Å²) in [5.41, 5.74) is 13.3. The number of aryl methyl sites for hydroxylation is 2. The van der Waals surface area contributed by atoms with Crippen LogP contribution in [0.1, 0.15) is 61.4 Å². The first-order valence-corrected chi connectivity index (χ1v) is 20.9. The summed E-state index contributed by atoms with van der Waals surface area (Å²) in [5.74, 6) is 1.96. The predicted molar refractivity (Wildman–Crippen MR) is 244 cm³/mol. The van der Waals surface area contributed by atoms with Gasteiger partial charge >= 0.3 is 21.1 Å². The number of ether oxygens (including phenoxy) is 1. The van der Waals surface area contributed by atoms with Gasteiger partial charge in [0.25, 0.3) is 0 Å². The summed E-state index contributed by atoms with van der Waals surface area (Å²) in [6.07, 6.45) is 2.08. The third-order valence-electron chi connectivity index (χ3n) is 13.4. The molecule has 5 aromatic heterocycles. The van der Waals surface area contributed by atoms with E-state index in [4.69, 9.17) is 24.1 Å². The molecule has 304 valence electrons. The first kappa shape index (κ1) is 38.4. The van der Waals surface area contributed by atoms with E-state index in [-0.39, 0.29) is 37.8 Å². The second-order valence-electron chi connectivity index (χ2n) is 17.8. The molecule has 6 aromatic carbocycles. The molecule has 11 aromatic rings. The van der Waals surface area contributed by atoms with E-state index in [1.54, 1.807) is 0 Å². The van der Waals surface area contributed by atoms with Crippen LogP contribution in [0.2, 0.25) is 0 Å². The smallest absolute Gasteiger partial charge is 0.501 e. The average Bonchev–Trinajstić information content (AvgIpc) is 3.96. The number of hydrogen-bond donors (Lipinski definition) is 0. The van der Waals surface area contributed by atoms with Crippen molar-refractivity contribution in [2.75, 3.05) is 0 Å². The van der Waals surface area contributed by atoms with E-state index in [9.17, 15) is 0 Å². The molecule has 5 heterocycles. The Morgan fingerprint density at radius 2 is 1.50 bits per heavy atom. The van der Waals surface area contributed by atoms with Crippen LogP contribution in [-0.2, 0) is 31.9 Å². The Morgan fingerprint density at radius 3 is 2.34 bits per heavy atom. The molecule has 0 fully saturated rings. The number of hydrogen-bond acceptors (Lipinski definition) is 5. The van der Waals surface area contributed by atoms with Gasteiger partial charge in [-0.1, -0.05) is 149 Å². The van der Waals surface area contributed by atoms with Gasteiger partial charge in [-0.2, -0.15) is 28.2 Å². The monoisotopic (exact) mass is 986 g/mol. The van der Waals surface area contributed by atoms with Crippen molar-refractivity contribution in [3.63, 3.8) is 0 Å². The molecular formula is C54H41N5O2Pt. The van der Waals surface area contributed by atoms with Crippen LogP contribution in [0.15, 0.2) is 138 Å². The van der Waals surface area contributed by atoms with Crippen LogP contribution in [0, 0.1) is 26.0 Å². The molecule has 0 saturated carbocycles. The fourth-order valence-electron chi connectivity index (χ4n) is 10.6. The zero-order valence-corrected chi connectivity index (χ0v) is 37.4. The molecule has 8 heteroatoms. The van der Waals surface area contributed by atoms with E-state index >= 15 is 0 Å². The summed E-state index contributed by atoms with van der Waals surface area (Å²) >= 11 is 0. The van der Waals surface area contributed by atoms with E-state index in [0.717, 1.165) is 77.5 Å². The van der Waals surface area contributed by atoms with Crippen molar-refractivity contribution in [3.05, 3.63) is 174 Å². The maximum absolute atomic E-state index is 6.83. The molecule has 12 rings (SSSR count). The second kappa shape index (κ2) is 13.7. The zero-order valence-electron chi connectivity index (χ0n) is 35.1. The van der Waals surface area contributed by atoms with Gasteiger partial charge in [0, 0.05) is 29.3 Å². The summed E-state index contributed by atoms with van der Waals surface area (Å²) in [6, 6.07) is 51.3. The molecule has 1 unspecified atom stereocenters. The maximum atomic E-state index is 6.83. The summed E-state index contributed by atoms with van der Waals surface area (Å²) in [7, 11) is 0. The van der Waals surface area contributed by atoms with Crippen molar-refractivity contribution in [3.8, 4) is 28.6 Å². The maximum Gasteiger partial charge on any atom is 2.00 e. The van der Waals surface area contributed by atoms with Crippen molar-refractivity contribution in [1.82, 2.24) is 23.9 Å². The topological polar surface area (TPSA) is 70.4 Å². The van der Waals surface area contributed by atoms with E-state index in [1.165, 1.54) is 22.3 Å². The minimum atomic E-state index is -0.179. The molecule has 0 saturated heterocycles. The van der Waals surface area contributed by atoms with Gasteiger partial charge in [0.15, 0.2) is 5.65 Å². The van der Waals surface area contributed by atoms with Gasteiger partial charge in [-0.3, -0.25) is 8.97 Å². The number of furan rings is 1. The van der Waals surface area contributed by atoms with Gasteiger partial charge in [0.05, 0.1) is 22.1 Å². The number of aromatic nitrogens is 5. The van der Waals surface area contributed by atoms with Crippen LogP contribution in [0.5, 0.6) is 11.6 Å². The van der Waals surface area contributed by atoms with Crippen molar-refractivity contribution in [2.24, 2.45) is 0 Å². The fourth-order valence-corrected chi connectivity index (χ4v) is 10.6. The first-order valence-electron chi connectivity index (χ1n) is 20.9. The Bertz CT molecular complexity index is 3620. The minimum Gasteiger partial charge on any atom is -0.501 e. The molecular weight excluding hydrogens is 946 g/mol. The Labute approximate surface area is 373 Å². The molecule has 1 aliphatic rings. The summed E-state index contributed by atoms with van der Waals surface area (Å²) < 4.78 is 17.9. The number of para-hydroxylation sites is 2. The van der Waals surface area contributed by atoms with Crippen molar-refractivity contribution < 1.29 is 30.2 Å². The van der Waals surface area contributed by atoms with Gasteiger partial charge in [0.1, 0.15) is 5.58 Å². The van der Waals surface area contributed by atoms with Gasteiger partial charge in [-0.05, 0) is 68.3 Å². The van der Waals surface area contributed by atoms with E-state index < -0.39 is 0 Å². The molecule has 0 spiro atoms. The largest absolute Gasteiger partial charge is 2.00 e. The Morgan fingerprint density at radius 1 is 0.726 bits per heavy atom. The Hall–Kier alpha value is -6.56. The van der Waals surface area contributed by atoms with Crippen LogP contribution in [-0.4, -0.2) is 23.9 Å². The Kier molecular flexibility index (Phi) is 8.49. The third kappa shape index (κ3) is 5.50. The summed E-state index contributed by atoms with van der Waals surface area (Å²) in [4.78, 5) is 15.5. The predicted octanol–water partition coefficient (Wildman–Crippen LogP) is 13.3.